The van der Waals surface area contributed by atoms with Gasteiger partial charge < -0.3 is 9.47 Å². The van der Waals surface area contributed by atoms with Crippen LogP contribution in [0.5, 0.6) is 0 Å². The van der Waals surface area contributed by atoms with Gasteiger partial charge in [0.15, 0.2) is 9.84 Å². The summed E-state index contributed by atoms with van der Waals surface area (Å²) in [7, 11) is -3.80. The molecule has 2 aromatic carbocycles. The smallest absolute Gasteiger partial charge is 0.242 e. The lowest BCUT2D eigenvalue weighted by molar-refractivity contribution is -0.133. The van der Waals surface area contributed by atoms with Crippen LogP contribution in [-0.2, 0) is 26.9 Å². The molecule has 1 aliphatic rings. The summed E-state index contributed by atoms with van der Waals surface area (Å²) in [5, 5.41) is 0.550. The Kier molecular flexibility index (Phi) is 5.64. The first kappa shape index (κ1) is 20.6. The summed E-state index contributed by atoms with van der Waals surface area (Å²) in [5.41, 5.74) is 0.815. The van der Waals surface area contributed by atoms with Crippen LogP contribution in [-0.4, -0.2) is 36.9 Å². The van der Waals surface area contributed by atoms with Crippen molar-refractivity contribution in [2.75, 3.05) is 13.1 Å². The fourth-order valence-corrected chi connectivity index (χ4v) is 5.75. The number of piperidine rings is 1. The average Bonchev–Trinajstić information content (AvgIpc) is 3.09. The predicted molar refractivity (Wildman–Crippen MR) is 114 cm³/mol. The van der Waals surface area contributed by atoms with Crippen molar-refractivity contribution in [3.63, 3.8) is 0 Å². The molecule has 3 aromatic rings. The van der Waals surface area contributed by atoms with Gasteiger partial charge in [-0.05, 0) is 30.9 Å². The molecule has 0 unspecified atom stereocenters. The molecule has 5 nitrogen and oxygen atoms in total. The highest BCUT2D eigenvalue weighted by atomic mass is 32.2. The minimum atomic E-state index is -3.80. The van der Waals surface area contributed by atoms with Crippen LogP contribution >= 0.6 is 0 Å². The molecule has 1 aliphatic heterocycles. The molecule has 2 heterocycles. The lowest BCUT2D eigenvalue weighted by atomic mass is 10.0. The molecule has 0 spiro atoms. The lowest BCUT2D eigenvalue weighted by Gasteiger charge is -2.31. The summed E-state index contributed by atoms with van der Waals surface area (Å²) >= 11 is 0. The van der Waals surface area contributed by atoms with E-state index in [1.807, 2.05) is 17.0 Å². The molecule has 4 rings (SSSR count). The monoisotopic (exact) mass is 428 g/mol. The topological polar surface area (TPSA) is 59.4 Å². The van der Waals surface area contributed by atoms with Gasteiger partial charge in [0.1, 0.15) is 12.4 Å². The Morgan fingerprint density at radius 1 is 1.13 bits per heavy atom. The number of rotatable bonds is 5. The zero-order valence-electron chi connectivity index (χ0n) is 16.9. The minimum absolute atomic E-state index is 0.0136. The number of nitrogens with zero attached hydrogens (tertiary/aromatic N) is 2. The van der Waals surface area contributed by atoms with Gasteiger partial charge in [-0.25, -0.2) is 12.8 Å². The molecule has 0 aliphatic carbocycles. The number of carbonyl (C=O) groups excluding carboxylic acids is 1. The van der Waals surface area contributed by atoms with E-state index in [9.17, 15) is 17.6 Å². The van der Waals surface area contributed by atoms with Crippen LogP contribution in [0, 0.1) is 11.7 Å². The fraction of sp³-hybridized carbons (Fsp3) is 0.348. The van der Waals surface area contributed by atoms with Crippen LogP contribution < -0.4 is 0 Å². The number of aromatic nitrogens is 1. The van der Waals surface area contributed by atoms with Gasteiger partial charge in [0, 0.05) is 35.8 Å². The zero-order valence-corrected chi connectivity index (χ0v) is 17.7. The molecule has 1 saturated heterocycles. The van der Waals surface area contributed by atoms with Crippen molar-refractivity contribution in [3.8, 4) is 0 Å². The first-order chi connectivity index (χ1) is 14.3. The highest BCUT2D eigenvalue weighted by Gasteiger charge is 2.25. The first-order valence-electron chi connectivity index (χ1n) is 10.2. The molecule has 0 bridgehead atoms. The van der Waals surface area contributed by atoms with Crippen LogP contribution in [0.2, 0.25) is 0 Å². The van der Waals surface area contributed by atoms with Gasteiger partial charge >= 0.3 is 0 Å². The molecule has 0 N–H and O–H groups in total. The molecule has 1 fully saturated rings. The molecule has 1 aromatic heterocycles. The van der Waals surface area contributed by atoms with E-state index in [-0.39, 0.29) is 22.9 Å². The Balaban J connectivity index is 1.67. The molecule has 1 amide bonds. The molecular formula is C23H25FN2O3S. The summed E-state index contributed by atoms with van der Waals surface area (Å²) < 4.78 is 42.0. The van der Waals surface area contributed by atoms with E-state index < -0.39 is 21.4 Å². The third-order valence-electron chi connectivity index (χ3n) is 5.71. The van der Waals surface area contributed by atoms with Crippen LogP contribution in [0.1, 0.15) is 25.3 Å². The summed E-state index contributed by atoms with van der Waals surface area (Å²) in [5.74, 6) is -0.508. The van der Waals surface area contributed by atoms with Gasteiger partial charge in [-0.1, -0.05) is 43.3 Å². The van der Waals surface area contributed by atoms with Crippen molar-refractivity contribution in [3.05, 3.63) is 66.1 Å². The largest absolute Gasteiger partial charge is 0.341 e. The number of carbonyl (C=O) groups is 1. The average molecular weight is 429 g/mol. The van der Waals surface area contributed by atoms with Crippen molar-refractivity contribution in [2.45, 2.75) is 37.0 Å². The van der Waals surface area contributed by atoms with Gasteiger partial charge in [0.2, 0.25) is 5.91 Å². The van der Waals surface area contributed by atoms with E-state index in [1.54, 1.807) is 22.8 Å². The molecule has 30 heavy (non-hydrogen) atoms. The highest BCUT2D eigenvalue weighted by Crippen LogP contribution is 2.29. The Morgan fingerprint density at radius 2 is 1.87 bits per heavy atom. The minimum Gasteiger partial charge on any atom is -0.341 e. The summed E-state index contributed by atoms with van der Waals surface area (Å²) in [6, 6.07) is 13.0. The Bertz CT molecular complexity index is 1190. The maximum Gasteiger partial charge on any atom is 0.242 e. The Labute approximate surface area is 176 Å². The first-order valence-corrected chi connectivity index (χ1v) is 11.8. The predicted octanol–water partition coefficient (Wildman–Crippen LogP) is 4.01. The van der Waals surface area contributed by atoms with E-state index in [4.69, 9.17) is 0 Å². The number of amides is 1. The maximum atomic E-state index is 14.0. The standard InChI is InChI=1S/C23H25FN2O3S/c1-17-7-6-12-25(13-17)23(27)15-26-14-22(19-9-3-5-11-21(19)26)30(28,29)16-18-8-2-4-10-20(18)24/h2-5,8-11,14,17H,6-7,12-13,15-16H2,1H3/t17-/m0/s1. The van der Waals surface area contributed by atoms with Crippen molar-refractivity contribution in [1.29, 1.82) is 0 Å². The van der Waals surface area contributed by atoms with Crippen LogP contribution in [0.4, 0.5) is 4.39 Å². The molecule has 1 atom stereocenters. The summed E-state index contributed by atoms with van der Waals surface area (Å²) in [6.45, 7) is 3.69. The van der Waals surface area contributed by atoms with Crippen molar-refractivity contribution in [1.82, 2.24) is 9.47 Å². The SMILES string of the molecule is C[C@H]1CCCN(C(=O)Cn2cc(S(=O)(=O)Cc3ccccc3F)c3ccccc32)C1. The summed E-state index contributed by atoms with van der Waals surface area (Å²) in [6.07, 6.45) is 3.63. The normalized spacial score (nSPS) is 17.4. The molecule has 158 valence electrons. The van der Waals surface area contributed by atoms with Crippen LogP contribution in [0.25, 0.3) is 10.9 Å². The van der Waals surface area contributed by atoms with Gasteiger partial charge in [-0.2, -0.15) is 0 Å². The molecule has 0 radical (unpaired) electrons. The number of hydrogen-bond acceptors (Lipinski definition) is 3. The van der Waals surface area contributed by atoms with Gasteiger partial charge in [-0.15, -0.1) is 0 Å². The van der Waals surface area contributed by atoms with Crippen molar-refractivity contribution in [2.24, 2.45) is 5.92 Å². The second kappa shape index (κ2) is 8.22. The number of hydrogen-bond donors (Lipinski definition) is 0. The van der Waals surface area contributed by atoms with Gasteiger partial charge in [0.25, 0.3) is 0 Å². The Hall–Kier alpha value is -2.67. The van der Waals surface area contributed by atoms with Gasteiger partial charge in [0.05, 0.1) is 10.6 Å². The number of halogens is 1. The van der Waals surface area contributed by atoms with E-state index in [0.717, 1.165) is 25.9 Å². The quantitative estimate of drug-likeness (QED) is 0.617. The second-order valence-corrected chi connectivity index (χ2v) is 10.0. The number of benzene rings is 2. The molecular weight excluding hydrogens is 403 g/mol. The van der Waals surface area contributed by atoms with Crippen molar-refractivity contribution < 1.29 is 17.6 Å². The van der Waals surface area contributed by atoms with Gasteiger partial charge in [-0.3, -0.25) is 4.79 Å². The zero-order chi connectivity index (χ0) is 21.3. The number of fused-ring (bicyclic) bond motifs is 1. The number of likely N-dealkylation sites (tertiary alicyclic amines) is 1. The number of para-hydroxylation sites is 1. The fourth-order valence-electron chi connectivity index (χ4n) is 4.15. The third-order valence-corrected chi connectivity index (χ3v) is 7.39. The highest BCUT2D eigenvalue weighted by molar-refractivity contribution is 7.90. The Morgan fingerprint density at radius 3 is 2.63 bits per heavy atom. The maximum absolute atomic E-state index is 14.0. The van der Waals surface area contributed by atoms with Crippen molar-refractivity contribution >= 4 is 26.6 Å². The van der Waals surface area contributed by atoms with E-state index >= 15 is 0 Å². The lowest BCUT2D eigenvalue weighted by Crippen LogP contribution is -2.40. The van der Waals surface area contributed by atoms with E-state index in [1.165, 1.54) is 24.4 Å². The van der Waals surface area contributed by atoms with E-state index in [0.29, 0.717) is 16.8 Å². The van der Waals surface area contributed by atoms with E-state index in [2.05, 4.69) is 6.92 Å². The summed E-state index contributed by atoms with van der Waals surface area (Å²) in [4.78, 5) is 14.8. The third kappa shape index (κ3) is 4.12. The van der Waals surface area contributed by atoms with Crippen LogP contribution in [0.15, 0.2) is 59.6 Å². The molecule has 0 saturated carbocycles. The second-order valence-electron chi connectivity index (χ2n) is 8.08. The number of sulfone groups is 1. The molecule has 7 heteroatoms. The van der Waals surface area contributed by atoms with Crippen LogP contribution in [0.3, 0.4) is 0 Å².